The van der Waals surface area contributed by atoms with Gasteiger partial charge in [-0.2, -0.15) is 0 Å². The van der Waals surface area contributed by atoms with Gasteiger partial charge >= 0.3 is 6.09 Å². The van der Waals surface area contributed by atoms with Gasteiger partial charge in [-0.15, -0.1) is 22.7 Å². The van der Waals surface area contributed by atoms with Crippen molar-refractivity contribution in [1.29, 1.82) is 0 Å². The van der Waals surface area contributed by atoms with E-state index in [-0.39, 0.29) is 11.9 Å². The van der Waals surface area contributed by atoms with E-state index in [4.69, 9.17) is 4.74 Å². The lowest BCUT2D eigenvalue weighted by Gasteiger charge is -2.10. The first-order chi connectivity index (χ1) is 10.1. The summed E-state index contributed by atoms with van der Waals surface area (Å²) < 4.78 is 4.89. The zero-order valence-electron chi connectivity index (χ0n) is 11.5. The molecule has 0 aliphatic carbocycles. The molecule has 1 fully saturated rings. The first kappa shape index (κ1) is 14.2. The Hall–Kier alpha value is -1.73. The number of Topliss-reactive ketones (excluding diaryl/α,β-unsaturated/α-hetero) is 1. The lowest BCUT2D eigenvalue weighted by atomic mass is 10.2. The fourth-order valence-electron chi connectivity index (χ4n) is 2.05. The van der Waals surface area contributed by atoms with Crippen molar-refractivity contribution in [3.05, 3.63) is 27.4 Å². The van der Waals surface area contributed by atoms with Crippen molar-refractivity contribution in [2.75, 3.05) is 19.7 Å². The van der Waals surface area contributed by atoms with Gasteiger partial charge in [0.15, 0.2) is 5.78 Å². The van der Waals surface area contributed by atoms with E-state index in [1.165, 1.54) is 11.3 Å². The minimum absolute atomic E-state index is 0.0699. The fraction of sp³-hybridized carbons (Fsp3) is 0.357. The highest BCUT2D eigenvalue weighted by Crippen LogP contribution is 2.28. The SMILES string of the molecule is CC(=O)c1csc(-c2csc(CCN3CCOC3=O)n2)c1. The molecule has 110 valence electrons. The summed E-state index contributed by atoms with van der Waals surface area (Å²) in [5, 5.41) is 4.84. The largest absolute Gasteiger partial charge is 0.448 e. The van der Waals surface area contributed by atoms with Crippen molar-refractivity contribution in [3.63, 3.8) is 0 Å². The van der Waals surface area contributed by atoms with Crippen LogP contribution < -0.4 is 0 Å². The number of carbonyl (C=O) groups excluding carboxylic acids is 2. The minimum atomic E-state index is -0.240. The van der Waals surface area contributed by atoms with Crippen molar-refractivity contribution in [3.8, 4) is 10.6 Å². The van der Waals surface area contributed by atoms with E-state index in [2.05, 4.69) is 4.98 Å². The van der Waals surface area contributed by atoms with Crippen LogP contribution in [0.25, 0.3) is 10.6 Å². The van der Waals surface area contributed by atoms with Crippen LogP contribution in [0.3, 0.4) is 0 Å². The Labute approximate surface area is 130 Å². The van der Waals surface area contributed by atoms with E-state index in [0.29, 0.717) is 19.7 Å². The van der Waals surface area contributed by atoms with Crippen molar-refractivity contribution in [2.24, 2.45) is 0 Å². The van der Waals surface area contributed by atoms with Gasteiger partial charge in [0.25, 0.3) is 0 Å². The van der Waals surface area contributed by atoms with Crippen LogP contribution in [0.5, 0.6) is 0 Å². The van der Waals surface area contributed by atoms with Gasteiger partial charge in [-0.1, -0.05) is 0 Å². The summed E-state index contributed by atoms with van der Waals surface area (Å²) in [5.41, 5.74) is 1.63. The van der Waals surface area contributed by atoms with E-state index in [1.54, 1.807) is 23.2 Å². The number of hydrogen-bond donors (Lipinski definition) is 0. The molecule has 0 bridgehead atoms. The second-order valence-electron chi connectivity index (χ2n) is 4.73. The number of cyclic esters (lactones) is 1. The third kappa shape index (κ3) is 3.14. The molecule has 7 heteroatoms. The Morgan fingerprint density at radius 3 is 2.95 bits per heavy atom. The Morgan fingerprint density at radius 2 is 2.29 bits per heavy atom. The maximum Gasteiger partial charge on any atom is 0.409 e. The van der Waals surface area contributed by atoms with Crippen LogP contribution in [0.2, 0.25) is 0 Å². The van der Waals surface area contributed by atoms with Gasteiger partial charge in [0.2, 0.25) is 0 Å². The highest BCUT2D eigenvalue weighted by Gasteiger charge is 2.21. The van der Waals surface area contributed by atoms with Crippen LogP contribution >= 0.6 is 22.7 Å². The number of aromatic nitrogens is 1. The normalized spacial score (nSPS) is 14.5. The third-order valence-corrected chi connectivity index (χ3v) is 5.11. The highest BCUT2D eigenvalue weighted by atomic mass is 32.1. The molecule has 21 heavy (non-hydrogen) atoms. The number of thiazole rings is 1. The highest BCUT2D eigenvalue weighted by molar-refractivity contribution is 7.14. The molecular weight excluding hydrogens is 308 g/mol. The van der Waals surface area contributed by atoms with Crippen LogP contribution in [-0.4, -0.2) is 41.5 Å². The molecule has 0 spiro atoms. The topological polar surface area (TPSA) is 59.5 Å². The summed E-state index contributed by atoms with van der Waals surface area (Å²) in [6.45, 7) is 3.33. The number of ketones is 1. The summed E-state index contributed by atoms with van der Waals surface area (Å²) in [7, 11) is 0. The number of ether oxygens (including phenoxy) is 1. The zero-order valence-corrected chi connectivity index (χ0v) is 13.1. The number of rotatable bonds is 5. The molecule has 5 nitrogen and oxygen atoms in total. The lowest BCUT2D eigenvalue weighted by Crippen LogP contribution is -2.26. The molecule has 3 rings (SSSR count). The predicted molar refractivity (Wildman–Crippen MR) is 82.1 cm³/mol. The van der Waals surface area contributed by atoms with E-state index in [9.17, 15) is 9.59 Å². The molecule has 0 saturated carbocycles. The molecular formula is C14H14N2O3S2. The standard InChI is InChI=1S/C14H14N2O3S2/c1-9(17)10-6-12(20-7-10)11-8-21-13(15-11)2-3-16-4-5-19-14(16)18/h6-8H,2-5H2,1H3. The Kier molecular flexibility index (Phi) is 4.03. The predicted octanol–water partition coefficient (Wildman–Crippen LogP) is 3.07. The maximum absolute atomic E-state index is 11.3. The van der Waals surface area contributed by atoms with Crippen molar-refractivity contribution in [2.45, 2.75) is 13.3 Å². The summed E-state index contributed by atoms with van der Waals surface area (Å²) in [4.78, 5) is 29.9. The fourth-order valence-corrected chi connectivity index (χ4v) is 3.82. The second-order valence-corrected chi connectivity index (χ2v) is 6.59. The Bertz CT molecular complexity index is 677. The summed E-state index contributed by atoms with van der Waals surface area (Å²) in [5.74, 6) is 0.0699. The maximum atomic E-state index is 11.3. The van der Waals surface area contributed by atoms with Crippen LogP contribution in [0.1, 0.15) is 22.3 Å². The molecule has 1 aliphatic rings. The summed E-state index contributed by atoms with van der Waals surface area (Å²) in [6.07, 6.45) is 0.487. The van der Waals surface area contributed by atoms with Crippen LogP contribution in [0, 0.1) is 0 Å². The van der Waals surface area contributed by atoms with Gasteiger partial charge in [-0.3, -0.25) is 4.79 Å². The van der Waals surface area contributed by atoms with E-state index in [1.807, 2.05) is 16.8 Å². The second kappa shape index (κ2) is 5.95. The van der Waals surface area contributed by atoms with Crippen molar-refractivity contribution < 1.29 is 14.3 Å². The molecule has 2 aromatic heterocycles. The number of carbonyl (C=O) groups is 2. The van der Waals surface area contributed by atoms with Crippen LogP contribution in [0.15, 0.2) is 16.8 Å². The molecule has 0 radical (unpaired) electrons. The van der Waals surface area contributed by atoms with Gasteiger partial charge in [0.1, 0.15) is 6.61 Å². The number of thiophene rings is 1. The average molecular weight is 322 g/mol. The summed E-state index contributed by atoms with van der Waals surface area (Å²) >= 11 is 3.11. The van der Waals surface area contributed by atoms with E-state index >= 15 is 0 Å². The monoisotopic (exact) mass is 322 g/mol. The number of nitrogens with zero attached hydrogens (tertiary/aromatic N) is 2. The van der Waals surface area contributed by atoms with Gasteiger partial charge in [0.05, 0.1) is 22.1 Å². The van der Waals surface area contributed by atoms with Gasteiger partial charge < -0.3 is 9.64 Å². The van der Waals surface area contributed by atoms with E-state index in [0.717, 1.165) is 27.6 Å². The molecule has 2 aromatic rings. The molecule has 1 aliphatic heterocycles. The first-order valence-electron chi connectivity index (χ1n) is 6.59. The first-order valence-corrected chi connectivity index (χ1v) is 8.35. The molecule has 0 unspecified atom stereocenters. The minimum Gasteiger partial charge on any atom is -0.448 e. The molecule has 0 N–H and O–H groups in total. The number of hydrogen-bond acceptors (Lipinski definition) is 6. The molecule has 0 aromatic carbocycles. The van der Waals surface area contributed by atoms with E-state index < -0.39 is 0 Å². The average Bonchev–Trinajstić information content (AvgIpc) is 3.16. The molecule has 3 heterocycles. The van der Waals surface area contributed by atoms with Gasteiger partial charge in [-0.25, -0.2) is 9.78 Å². The molecule has 1 amide bonds. The Balaban J connectivity index is 1.65. The van der Waals surface area contributed by atoms with Crippen LogP contribution in [0.4, 0.5) is 4.79 Å². The zero-order chi connectivity index (χ0) is 14.8. The lowest BCUT2D eigenvalue weighted by molar-refractivity contribution is 0.101. The van der Waals surface area contributed by atoms with Crippen molar-refractivity contribution in [1.82, 2.24) is 9.88 Å². The van der Waals surface area contributed by atoms with Gasteiger partial charge in [-0.05, 0) is 13.0 Å². The van der Waals surface area contributed by atoms with Crippen molar-refractivity contribution >= 4 is 34.6 Å². The summed E-state index contributed by atoms with van der Waals surface area (Å²) in [6, 6.07) is 1.88. The molecule has 0 atom stereocenters. The van der Waals surface area contributed by atoms with Gasteiger partial charge in [0, 0.05) is 29.3 Å². The smallest absolute Gasteiger partial charge is 0.409 e. The Morgan fingerprint density at radius 1 is 1.43 bits per heavy atom. The van der Waals surface area contributed by atoms with Crippen LogP contribution in [-0.2, 0) is 11.2 Å². The number of amides is 1. The third-order valence-electron chi connectivity index (χ3n) is 3.25. The molecule has 1 saturated heterocycles. The quantitative estimate of drug-likeness (QED) is 0.794.